The Labute approximate surface area is 85.3 Å². The molecule has 2 aliphatic heterocycles. The summed E-state index contributed by atoms with van der Waals surface area (Å²) in [6, 6.07) is 0. The zero-order chi connectivity index (χ0) is 9.86. The number of rotatable bonds is 1. The molecule has 0 radical (unpaired) electrons. The molecule has 2 heteroatoms. The molecule has 0 aromatic heterocycles. The summed E-state index contributed by atoms with van der Waals surface area (Å²) in [6.45, 7) is 6.93. The molecule has 3 atom stereocenters. The van der Waals surface area contributed by atoms with Crippen molar-refractivity contribution in [2.75, 3.05) is 6.61 Å². The molecule has 2 nitrogen and oxygen atoms in total. The first-order valence-corrected chi connectivity index (χ1v) is 5.62. The Morgan fingerprint density at radius 1 is 1.29 bits per heavy atom. The van der Waals surface area contributed by atoms with Gasteiger partial charge in [0, 0.05) is 11.8 Å². The second-order valence-electron chi connectivity index (χ2n) is 5.28. The average Bonchev–Trinajstić information content (AvgIpc) is 2.64. The van der Waals surface area contributed by atoms with Crippen molar-refractivity contribution in [1.82, 2.24) is 0 Å². The van der Waals surface area contributed by atoms with Crippen LogP contribution in [0.2, 0.25) is 0 Å². The zero-order valence-corrected chi connectivity index (χ0v) is 8.84. The molecule has 2 heterocycles. The molecule has 0 amide bonds. The molecule has 1 aliphatic carbocycles. The molecule has 3 aliphatic rings. The fourth-order valence-electron chi connectivity index (χ4n) is 3.74. The Hall–Kier alpha value is -0.340. The van der Waals surface area contributed by atoms with Crippen LogP contribution >= 0.6 is 0 Å². The topological polar surface area (TPSA) is 18.5 Å². The largest absolute Gasteiger partial charge is 0.349 e. The number of hydrogen-bond acceptors (Lipinski definition) is 2. The third-order valence-corrected chi connectivity index (χ3v) is 4.39. The Balaban J connectivity index is 2.06. The summed E-state index contributed by atoms with van der Waals surface area (Å²) < 4.78 is 11.9. The zero-order valence-electron chi connectivity index (χ0n) is 8.84. The van der Waals surface area contributed by atoms with E-state index in [4.69, 9.17) is 9.47 Å². The quantitative estimate of drug-likeness (QED) is 0.597. The normalized spacial score (nSPS) is 55.8. The highest BCUT2D eigenvalue weighted by molar-refractivity contribution is 5.20. The van der Waals surface area contributed by atoms with Gasteiger partial charge in [-0.05, 0) is 19.8 Å². The standard InChI is InChI=1S/C12H18O2/c1-3-12-7-5-4-6-11(12)8-10(2,14-12)13-9-11/h3H,1,4-9H2,2H3/t10?,11?,12-/m0/s1. The fourth-order valence-corrected chi connectivity index (χ4v) is 3.74. The molecule has 1 spiro atoms. The van der Waals surface area contributed by atoms with Gasteiger partial charge in [0.25, 0.3) is 0 Å². The second kappa shape index (κ2) is 2.42. The summed E-state index contributed by atoms with van der Waals surface area (Å²) in [5.74, 6) is -0.321. The van der Waals surface area contributed by atoms with Gasteiger partial charge in [-0.25, -0.2) is 0 Å². The van der Waals surface area contributed by atoms with Gasteiger partial charge in [0.15, 0.2) is 5.79 Å². The monoisotopic (exact) mass is 194 g/mol. The summed E-state index contributed by atoms with van der Waals surface area (Å²) in [6.07, 6.45) is 8.07. The first-order valence-electron chi connectivity index (χ1n) is 5.62. The van der Waals surface area contributed by atoms with E-state index in [-0.39, 0.29) is 16.8 Å². The van der Waals surface area contributed by atoms with Gasteiger partial charge in [0.05, 0.1) is 12.2 Å². The minimum atomic E-state index is -0.321. The predicted molar refractivity (Wildman–Crippen MR) is 53.9 cm³/mol. The first kappa shape index (κ1) is 8.93. The van der Waals surface area contributed by atoms with E-state index in [2.05, 4.69) is 13.5 Å². The van der Waals surface area contributed by atoms with Crippen molar-refractivity contribution in [2.45, 2.75) is 50.4 Å². The van der Waals surface area contributed by atoms with E-state index in [0.717, 1.165) is 19.4 Å². The van der Waals surface area contributed by atoms with Gasteiger partial charge in [-0.1, -0.05) is 18.9 Å². The van der Waals surface area contributed by atoms with Crippen LogP contribution in [-0.2, 0) is 9.47 Å². The predicted octanol–water partition coefficient (Wildman–Crippen LogP) is 2.64. The molecule has 1 saturated carbocycles. The summed E-state index contributed by atoms with van der Waals surface area (Å²) in [5, 5.41) is 0. The molecule has 14 heavy (non-hydrogen) atoms. The van der Waals surface area contributed by atoms with E-state index in [1.54, 1.807) is 0 Å². The van der Waals surface area contributed by atoms with Crippen LogP contribution in [0, 0.1) is 5.41 Å². The minimum Gasteiger partial charge on any atom is -0.349 e. The van der Waals surface area contributed by atoms with Crippen LogP contribution in [0.15, 0.2) is 12.7 Å². The SMILES string of the molecule is C=C[C@]12CCCCC13COC(C)(C3)O2. The summed E-state index contributed by atoms with van der Waals surface area (Å²) >= 11 is 0. The molecule has 78 valence electrons. The fraction of sp³-hybridized carbons (Fsp3) is 0.833. The molecular formula is C12H18O2. The van der Waals surface area contributed by atoms with Crippen LogP contribution in [0.4, 0.5) is 0 Å². The van der Waals surface area contributed by atoms with E-state index in [9.17, 15) is 0 Å². The Morgan fingerprint density at radius 3 is 2.71 bits per heavy atom. The molecule has 3 rings (SSSR count). The van der Waals surface area contributed by atoms with Crippen molar-refractivity contribution in [3.8, 4) is 0 Å². The third kappa shape index (κ3) is 0.842. The summed E-state index contributed by atoms with van der Waals surface area (Å²) in [4.78, 5) is 0. The Bertz CT molecular complexity index is 284. The van der Waals surface area contributed by atoms with Crippen LogP contribution < -0.4 is 0 Å². The van der Waals surface area contributed by atoms with E-state index in [0.29, 0.717) is 0 Å². The first-order chi connectivity index (χ1) is 6.64. The maximum absolute atomic E-state index is 6.14. The lowest BCUT2D eigenvalue weighted by atomic mass is 9.63. The Morgan fingerprint density at radius 2 is 2.07 bits per heavy atom. The number of hydrogen-bond donors (Lipinski definition) is 0. The highest BCUT2D eigenvalue weighted by Gasteiger charge is 2.67. The third-order valence-electron chi connectivity index (χ3n) is 4.39. The van der Waals surface area contributed by atoms with Gasteiger partial charge in [0.1, 0.15) is 0 Å². The van der Waals surface area contributed by atoms with E-state index >= 15 is 0 Å². The molecule has 3 fully saturated rings. The molecule has 2 bridgehead atoms. The lowest BCUT2D eigenvalue weighted by Crippen LogP contribution is -2.51. The highest BCUT2D eigenvalue weighted by atomic mass is 16.7. The molecule has 2 saturated heterocycles. The van der Waals surface area contributed by atoms with Crippen molar-refractivity contribution in [3.63, 3.8) is 0 Å². The molecular weight excluding hydrogens is 176 g/mol. The summed E-state index contributed by atoms with van der Waals surface area (Å²) in [5.41, 5.74) is 0.181. The van der Waals surface area contributed by atoms with Crippen LogP contribution in [0.3, 0.4) is 0 Å². The van der Waals surface area contributed by atoms with Crippen LogP contribution in [0.25, 0.3) is 0 Å². The van der Waals surface area contributed by atoms with Crippen LogP contribution in [0.5, 0.6) is 0 Å². The van der Waals surface area contributed by atoms with Crippen LogP contribution in [-0.4, -0.2) is 18.0 Å². The van der Waals surface area contributed by atoms with Crippen molar-refractivity contribution in [3.05, 3.63) is 12.7 Å². The van der Waals surface area contributed by atoms with Crippen molar-refractivity contribution >= 4 is 0 Å². The highest BCUT2D eigenvalue weighted by Crippen LogP contribution is 2.63. The van der Waals surface area contributed by atoms with Crippen LogP contribution in [0.1, 0.15) is 39.0 Å². The van der Waals surface area contributed by atoms with Gasteiger partial charge in [0.2, 0.25) is 0 Å². The smallest absolute Gasteiger partial charge is 0.167 e. The van der Waals surface area contributed by atoms with Gasteiger partial charge in [-0.2, -0.15) is 0 Å². The number of ether oxygens (including phenoxy) is 2. The van der Waals surface area contributed by atoms with Crippen molar-refractivity contribution in [2.24, 2.45) is 5.41 Å². The second-order valence-corrected chi connectivity index (χ2v) is 5.28. The lowest BCUT2D eigenvalue weighted by Gasteiger charge is -2.47. The molecule has 0 aromatic carbocycles. The maximum Gasteiger partial charge on any atom is 0.167 e. The molecule has 0 aromatic rings. The van der Waals surface area contributed by atoms with Gasteiger partial charge >= 0.3 is 0 Å². The summed E-state index contributed by atoms with van der Waals surface area (Å²) in [7, 11) is 0. The molecule has 2 unspecified atom stereocenters. The van der Waals surface area contributed by atoms with Gasteiger partial charge < -0.3 is 9.47 Å². The average molecular weight is 194 g/mol. The van der Waals surface area contributed by atoms with Gasteiger partial charge in [-0.15, -0.1) is 6.58 Å². The van der Waals surface area contributed by atoms with E-state index in [1.165, 1.54) is 19.3 Å². The molecule has 0 N–H and O–H groups in total. The Kier molecular flexibility index (Phi) is 1.54. The van der Waals surface area contributed by atoms with Gasteiger partial charge in [-0.3, -0.25) is 0 Å². The van der Waals surface area contributed by atoms with E-state index < -0.39 is 0 Å². The van der Waals surface area contributed by atoms with Crippen molar-refractivity contribution in [1.29, 1.82) is 0 Å². The van der Waals surface area contributed by atoms with Crippen molar-refractivity contribution < 1.29 is 9.47 Å². The maximum atomic E-state index is 6.14. The number of fused-ring (bicyclic) bond motifs is 1. The van der Waals surface area contributed by atoms with E-state index in [1.807, 2.05) is 6.08 Å². The lowest BCUT2D eigenvalue weighted by molar-refractivity contribution is -0.274. The minimum absolute atomic E-state index is 0.0712.